The second-order valence-corrected chi connectivity index (χ2v) is 5.37. The molecule has 0 saturated heterocycles. The molecule has 1 heterocycles. The highest BCUT2D eigenvalue weighted by Crippen LogP contribution is 2.10. The minimum Gasteiger partial charge on any atom is -0.341 e. The molecule has 0 aliphatic heterocycles. The van der Waals surface area contributed by atoms with Crippen molar-refractivity contribution in [3.8, 4) is 5.69 Å². The van der Waals surface area contributed by atoms with Crippen LogP contribution in [-0.2, 0) is 11.2 Å². The van der Waals surface area contributed by atoms with Gasteiger partial charge in [-0.25, -0.2) is 4.68 Å². The van der Waals surface area contributed by atoms with Crippen LogP contribution in [0.4, 0.5) is 0 Å². The molecule has 1 unspecified atom stereocenters. The molecule has 0 spiro atoms. The van der Waals surface area contributed by atoms with Gasteiger partial charge in [-0.05, 0) is 30.2 Å². The zero-order chi connectivity index (χ0) is 16.8. The summed E-state index contributed by atoms with van der Waals surface area (Å²) >= 11 is 0. The standard InChI is InChI=1S/C19H17N3O2/c23-14-16(13-15-7-3-1-4-8-15)21-19(24)18-11-12-20-22(18)17-9-5-2-6-10-17/h1-12,14,16H,13H2,(H,21,24). The lowest BCUT2D eigenvalue weighted by molar-refractivity contribution is -0.109. The molecule has 3 rings (SSSR count). The third-order valence-corrected chi connectivity index (χ3v) is 3.66. The molecule has 2 aromatic carbocycles. The Bertz CT molecular complexity index is 813. The van der Waals surface area contributed by atoms with Gasteiger partial charge in [0.05, 0.1) is 17.9 Å². The van der Waals surface area contributed by atoms with Gasteiger partial charge >= 0.3 is 0 Å². The first kappa shape index (κ1) is 15.7. The minimum atomic E-state index is -0.584. The molecule has 24 heavy (non-hydrogen) atoms. The Hall–Kier alpha value is -3.21. The Labute approximate surface area is 139 Å². The van der Waals surface area contributed by atoms with Crippen LogP contribution in [0.1, 0.15) is 16.1 Å². The summed E-state index contributed by atoms with van der Waals surface area (Å²) in [5, 5.41) is 6.95. The maximum absolute atomic E-state index is 12.5. The molecule has 0 aliphatic rings. The van der Waals surface area contributed by atoms with Gasteiger partial charge in [0.25, 0.3) is 5.91 Å². The van der Waals surface area contributed by atoms with E-state index in [9.17, 15) is 9.59 Å². The van der Waals surface area contributed by atoms with E-state index in [4.69, 9.17) is 0 Å². The fourth-order valence-corrected chi connectivity index (χ4v) is 2.49. The number of para-hydroxylation sites is 1. The van der Waals surface area contributed by atoms with Gasteiger partial charge in [-0.1, -0.05) is 48.5 Å². The van der Waals surface area contributed by atoms with E-state index in [2.05, 4.69) is 10.4 Å². The van der Waals surface area contributed by atoms with Crippen LogP contribution in [-0.4, -0.2) is 28.0 Å². The van der Waals surface area contributed by atoms with Crippen LogP contribution in [0.15, 0.2) is 72.9 Å². The van der Waals surface area contributed by atoms with Crippen molar-refractivity contribution in [3.63, 3.8) is 0 Å². The number of aldehydes is 1. The van der Waals surface area contributed by atoms with Crippen molar-refractivity contribution in [2.45, 2.75) is 12.5 Å². The Morgan fingerprint density at radius 3 is 2.38 bits per heavy atom. The van der Waals surface area contributed by atoms with Crippen molar-refractivity contribution in [3.05, 3.63) is 84.2 Å². The van der Waals surface area contributed by atoms with E-state index in [0.717, 1.165) is 17.5 Å². The monoisotopic (exact) mass is 319 g/mol. The van der Waals surface area contributed by atoms with Crippen LogP contribution in [0.2, 0.25) is 0 Å². The van der Waals surface area contributed by atoms with Gasteiger partial charge in [0.1, 0.15) is 12.0 Å². The first-order chi connectivity index (χ1) is 11.8. The average molecular weight is 319 g/mol. The van der Waals surface area contributed by atoms with Gasteiger partial charge in [-0.15, -0.1) is 0 Å². The zero-order valence-electron chi connectivity index (χ0n) is 13.0. The summed E-state index contributed by atoms with van der Waals surface area (Å²) in [6, 6.07) is 20.0. The fraction of sp³-hybridized carbons (Fsp3) is 0.105. The van der Waals surface area contributed by atoms with Gasteiger partial charge in [-0.2, -0.15) is 5.10 Å². The maximum Gasteiger partial charge on any atom is 0.270 e. The second-order valence-electron chi connectivity index (χ2n) is 5.37. The normalized spacial score (nSPS) is 11.7. The van der Waals surface area contributed by atoms with Crippen LogP contribution in [0.3, 0.4) is 0 Å². The largest absolute Gasteiger partial charge is 0.341 e. The third kappa shape index (κ3) is 3.57. The van der Waals surface area contributed by atoms with Crippen molar-refractivity contribution >= 4 is 12.2 Å². The Balaban J connectivity index is 1.75. The van der Waals surface area contributed by atoms with Gasteiger partial charge < -0.3 is 10.1 Å². The van der Waals surface area contributed by atoms with E-state index in [1.165, 1.54) is 0 Å². The number of nitrogens with zero attached hydrogens (tertiary/aromatic N) is 2. The summed E-state index contributed by atoms with van der Waals surface area (Å²) in [6.45, 7) is 0. The summed E-state index contributed by atoms with van der Waals surface area (Å²) in [4.78, 5) is 23.9. The molecular formula is C19H17N3O2. The number of carbonyl (C=O) groups excluding carboxylic acids is 2. The summed E-state index contributed by atoms with van der Waals surface area (Å²) in [5.74, 6) is -0.329. The van der Waals surface area contributed by atoms with Crippen molar-refractivity contribution < 1.29 is 9.59 Å². The van der Waals surface area contributed by atoms with Gasteiger partial charge in [-0.3, -0.25) is 4.79 Å². The first-order valence-corrected chi connectivity index (χ1v) is 7.67. The number of hydrogen-bond acceptors (Lipinski definition) is 3. The van der Waals surface area contributed by atoms with Gasteiger partial charge in [0, 0.05) is 0 Å². The van der Waals surface area contributed by atoms with Crippen LogP contribution >= 0.6 is 0 Å². The molecule has 0 aliphatic carbocycles. The zero-order valence-corrected chi connectivity index (χ0v) is 13.0. The fourth-order valence-electron chi connectivity index (χ4n) is 2.49. The van der Waals surface area contributed by atoms with Crippen molar-refractivity contribution in [1.29, 1.82) is 0 Å². The lowest BCUT2D eigenvalue weighted by atomic mass is 10.1. The van der Waals surface area contributed by atoms with E-state index in [-0.39, 0.29) is 5.91 Å². The predicted octanol–water partition coefficient (Wildman–Crippen LogP) is 2.41. The number of hydrogen-bond donors (Lipinski definition) is 1. The highest BCUT2D eigenvalue weighted by atomic mass is 16.2. The molecule has 0 saturated carbocycles. The van der Waals surface area contributed by atoms with E-state index in [0.29, 0.717) is 12.1 Å². The number of rotatable bonds is 6. The van der Waals surface area contributed by atoms with Gasteiger partial charge in [0.15, 0.2) is 0 Å². The van der Waals surface area contributed by atoms with Crippen LogP contribution < -0.4 is 5.32 Å². The summed E-state index contributed by atoms with van der Waals surface area (Å²) in [7, 11) is 0. The molecule has 0 fully saturated rings. The van der Waals surface area contributed by atoms with Crippen molar-refractivity contribution in [1.82, 2.24) is 15.1 Å². The second kappa shape index (κ2) is 7.37. The lowest BCUT2D eigenvalue weighted by Gasteiger charge is -2.14. The summed E-state index contributed by atoms with van der Waals surface area (Å²) < 4.78 is 1.56. The molecule has 1 N–H and O–H groups in total. The maximum atomic E-state index is 12.5. The Morgan fingerprint density at radius 1 is 1.04 bits per heavy atom. The molecule has 1 atom stereocenters. The molecular weight excluding hydrogens is 302 g/mol. The molecule has 1 aromatic heterocycles. The highest BCUT2D eigenvalue weighted by molar-refractivity contribution is 5.94. The van der Waals surface area contributed by atoms with Crippen LogP contribution in [0.25, 0.3) is 5.69 Å². The average Bonchev–Trinajstić information content (AvgIpc) is 3.12. The Kier molecular flexibility index (Phi) is 4.81. The smallest absolute Gasteiger partial charge is 0.270 e. The van der Waals surface area contributed by atoms with Crippen LogP contribution in [0.5, 0.6) is 0 Å². The number of amides is 1. The first-order valence-electron chi connectivity index (χ1n) is 7.67. The van der Waals surface area contributed by atoms with Crippen LogP contribution in [0, 0.1) is 0 Å². The summed E-state index contributed by atoms with van der Waals surface area (Å²) in [6.07, 6.45) is 2.78. The summed E-state index contributed by atoms with van der Waals surface area (Å²) in [5.41, 5.74) is 2.17. The third-order valence-electron chi connectivity index (χ3n) is 3.66. The number of benzene rings is 2. The van der Waals surface area contributed by atoms with Gasteiger partial charge in [0.2, 0.25) is 0 Å². The SMILES string of the molecule is O=CC(Cc1ccccc1)NC(=O)c1ccnn1-c1ccccc1. The van der Waals surface area contributed by atoms with Crippen molar-refractivity contribution in [2.24, 2.45) is 0 Å². The predicted molar refractivity (Wildman–Crippen MR) is 91.0 cm³/mol. The molecule has 5 heteroatoms. The number of aromatic nitrogens is 2. The number of carbonyl (C=O) groups is 2. The highest BCUT2D eigenvalue weighted by Gasteiger charge is 2.17. The molecule has 120 valence electrons. The van der Waals surface area contributed by atoms with E-state index in [1.54, 1.807) is 16.9 Å². The number of nitrogens with one attached hydrogen (secondary N) is 1. The lowest BCUT2D eigenvalue weighted by Crippen LogP contribution is -2.38. The minimum absolute atomic E-state index is 0.329. The van der Waals surface area contributed by atoms with E-state index < -0.39 is 6.04 Å². The molecule has 5 nitrogen and oxygen atoms in total. The quantitative estimate of drug-likeness (QED) is 0.710. The molecule has 1 amide bonds. The van der Waals surface area contributed by atoms with E-state index >= 15 is 0 Å². The molecule has 3 aromatic rings. The molecule has 0 bridgehead atoms. The topological polar surface area (TPSA) is 64.0 Å². The van der Waals surface area contributed by atoms with E-state index in [1.807, 2.05) is 60.7 Å². The Morgan fingerprint density at radius 2 is 1.71 bits per heavy atom. The molecule has 0 radical (unpaired) electrons. The van der Waals surface area contributed by atoms with Crippen molar-refractivity contribution in [2.75, 3.05) is 0 Å².